The van der Waals surface area contributed by atoms with Gasteiger partial charge in [-0.2, -0.15) is 18.0 Å². The molecule has 0 radical (unpaired) electrons. The number of carbonyl (C=O) groups is 2. The second-order valence-electron chi connectivity index (χ2n) is 6.29. The van der Waals surface area contributed by atoms with Gasteiger partial charge in [-0.15, -0.1) is 10.2 Å². The highest BCUT2D eigenvalue weighted by molar-refractivity contribution is 5.92. The van der Waals surface area contributed by atoms with Crippen molar-refractivity contribution in [1.82, 2.24) is 20.2 Å². The maximum Gasteiger partial charge on any atom is 0.416 e. The van der Waals surface area contributed by atoms with E-state index in [0.717, 1.165) is 40.2 Å². The molecule has 8 nitrogen and oxygen atoms in total. The summed E-state index contributed by atoms with van der Waals surface area (Å²) in [6, 6.07) is 11.3. The molecular weight excluding hydrogens is 403 g/mol. The molecule has 0 aliphatic carbocycles. The smallest absolute Gasteiger partial charge is 0.416 e. The van der Waals surface area contributed by atoms with Crippen LogP contribution in [0.25, 0.3) is 11.4 Å². The van der Waals surface area contributed by atoms with E-state index in [0.29, 0.717) is 5.82 Å². The van der Waals surface area contributed by atoms with Crippen LogP contribution in [0.1, 0.15) is 11.1 Å². The van der Waals surface area contributed by atoms with Gasteiger partial charge in [0.25, 0.3) is 5.91 Å². The van der Waals surface area contributed by atoms with Crippen LogP contribution in [0.15, 0.2) is 48.5 Å². The van der Waals surface area contributed by atoms with Gasteiger partial charge in [0.1, 0.15) is 0 Å². The summed E-state index contributed by atoms with van der Waals surface area (Å²) in [4.78, 5) is 24.7. The highest BCUT2D eigenvalue weighted by Crippen LogP contribution is 2.29. The first-order chi connectivity index (χ1) is 14.2. The largest absolute Gasteiger partial charge is 0.454 e. The number of alkyl halides is 3. The molecule has 1 heterocycles. The molecule has 3 aromatic rings. The van der Waals surface area contributed by atoms with E-state index < -0.39 is 30.2 Å². The van der Waals surface area contributed by atoms with Gasteiger partial charge in [0, 0.05) is 11.3 Å². The Morgan fingerprint density at radius 3 is 2.37 bits per heavy atom. The number of hydrogen-bond donors (Lipinski definition) is 1. The number of nitrogens with one attached hydrogen (secondary N) is 1. The fourth-order valence-corrected chi connectivity index (χ4v) is 2.38. The predicted octanol–water partition coefficient (Wildman–Crippen LogP) is 2.85. The predicted molar refractivity (Wildman–Crippen MR) is 99.0 cm³/mol. The van der Waals surface area contributed by atoms with Crippen LogP contribution in [0, 0.1) is 6.92 Å². The fourth-order valence-electron chi connectivity index (χ4n) is 2.38. The molecule has 0 bridgehead atoms. The van der Waals surface area contributed by atoms with E-state index in [4.69, 9.17) is 4.74 Å². The molecule has 3 rings (SSSR count). The number of anilines is 1. The van der Waals surface area contributed by atoms with Gasteiger partial charge in [0.15, 0.2) is 13.2 Å². The lowest BCUT2D eigenvalue weighted by molar-refractivity contribution is -0.148. The maximum absolute atomic E-state index is 12.5. The van der Waals surface area contributed by atoms with E-state index in [1.165, 1.54) is 0 Å². The Morgan fingerprint density at radius 1 is 1.07 bits per heavy atom. The Labute approximate surface area is 168 Å². The van der Waals surface area contributed by atoms with E-state index in [-0.39, 0.29) is 12.2 Å². The molecule has 0 unspecified atom stereocenters. The van der Waals surface area contributed by atoms with Crippen molar-refractivity contribution in [3.05, 3.63) is 59.7 Å². The molecule has 1 aromatic heterocycles. The summed E-state index contributed by atoms with van der Waals surface area (Å²) in [7, 11) is 0. The van der Waals surface area contributed by atoms with Crippen LogP contribution >= 0.6 is 0 Å². The van der Waals surface area contributed by atoms with Gasteiger partial charge < -0.3 is 10.1 Å². The summed E-state index contributed by atoms with van der Waals surface area (Å²) in [5, 5.41) is 14.0. The van der Waals surface area contributed by atoms with Crippen LogP contribution in [0.2, 0.25) is 0 Å². The van der Waals surface area contributed by atoms with Crippen LogP contribution in [0.4, 0.5) is 18.9 Å². The molecule has 0 spiro atoms. The Morgan fingerprint density at radius 2 is 1.73 bits per heavy atom. The number of benzene rings is 2. The molecule has 1 N–H and O–H groups in total. The Hall–Kier alpha value is -3.76. The zero-order chi connectivity index (χ0) is 21.7. The minimum atomic E-state index is -4.47. The summed E-state index contributed by atoms with van der Waals surface area (Å²) < 4.78 is 42.4. The Bertz CT molecular complexity index is 1030. The van der Waals surface area contributed by atoms with E-state index in [2.05, 4.69) is 20.7 Å². The van der Waals surface area contributed by atoms with Crippen LogP contribution < -0.4 is 5.32 Å². The molecule has 30 heavy (non-hydrogen) atoms. The number of rotatable bonds is 6. The first kappa shape index (κ1) is 21.0. The molecule has 0 fully saturated rings. The van der Waals surface area contributed by atoms with Gasteiger partial charge in [-0.25, -0.2) is 4.79 Å². The third-order valence-electron chi connectivity index (χ3n) is 3.89. The van der Waals surface area contributed by atoms with Crippen molar-refractivity contribution in [3.8, 4) is 11.4 Å². The number of hydrogen-bond acceptors (Lipinski definition) is 6. The topological polar surface area (TPSA) is 99.0 Å². The third kappa shape index (κ3) is 5.63. The van der Waals surface area contributed by atoms with Crippen molar-refractivity contribution in [2.75, 3.05) is 11.9 Å². The molecule has 0 aliphatic heterocycles. The number of carbonyl (C=O) groups excluding carboxylic acids is 2. The number of halogens is 3. The van der Waals surface area contributed by atoms with Crippen molar-refractivity contribution >= 4 is 17.6 Å². The van der Waals surface area contributed by atoms with Crippen LogP contribution in [0.5, 0.6) is 0 Å². The molecule has 0 atom stereocenters. The number of amides is 1. The van der Waals surface area contributed by atoms with Gasteiger partial charge in [0.2, 0.25) is 5.82 Å². The summed E-state index contributed by atoms with van der Waals surface area (Å²) in [6.07, 6.45) is -4.47. The van der Waals surface area contributed by atoms with Crippen molar-refractivity contribution in [3.63, 3.8) is 0 Å². The number of tetrazole rings is 1. The van der Waals surface area contributed by atoms with Crippen LogP contribution in [-0.4, -0.2) is 38.7 Å². The maximum atomic E-state index is 12.5. The molecule has 0 saturated heterocycles. The quantitative estimate of drug-likeness (QED) is 0.617. The molecule has 0 aliphatic rings. The zero-order valence-corrected chi connectivity index (χ0v) is 15.7. The highest BCUT2D eigenvalue weighted by Gasteiger charge is 2.30. The van der Waals surface area contributed by atoms with E-state index >= 15 is 0 Å². The number of aromatic nitrogens is 4. The third-order valence-corrected chi connectivity index (χ3v) is 3.89. The van der Waals surface area contributed by atoms with E-state index in [9.17, 15) is 22.8 Å². The summed E-state index contributed by atoms with van der Waals surface area (Å²) >= 11 is 0. The second-order valence-corrected chi connectivity index (χ2v) is 6.29. The fraction of sp³-hybridized carbons (Fsp3) is 0.211. The lowest BCUT2D eigenvalue weighted by Crippen LogP contribution is -2.23. The van der Waals surface area contributed by atoms with Gasteiger partial charge in [-0.3, -0.25) is 4.79 Å². The van der Waals surface area contributed by atoms with Crippen molar-refractivity contribution in [2.45, 2.75) is 19.6 Å². The van der Waals surface area contributed by atoms with Crippen molar-refractivity contribution in [2.24, 2.45) is 0 Å². The van der Waals surface area contributed by atoms with Crippen molar-refractivity contribution in [1.29, 1.82) is 0 Å². The molecular formula is C19H16F3N5O3. The zero-order valence-electron chi connectivity index (χ0n) is 15.7. The van der Waals surface area contributed by atoms with Crippen molar-refractivity contribution < 1.29 is 27.5 Å². The summed E-state index contributed by atoms with van der Waals surface area (Å²) in [6.45, 7) is 0.976. The SMILES string of the molecule is Cc1ccc(-c2nnn(CC(=O)OCC(=O)Nc3ccc(C(F)(F)F)cc3)n2)cc1. The van der Waals surface area contributed by atoms with E-state index in [1.54, 1.807) is 0 Å². The molecule has 156 valence electrons. The van der Waals surface area contributed by atoms with Gasteiger partial charge >= 0.3 is 12.1 Å². The minimum Gasteiger partial charge on any atom is -0.454 e. The first-order valence-electron chi connectivity index (χ1n) is 8.68. The first-order valence-corrected chi connectivity index (χ1v) is 8.68. The van der Waals surface area contributed by atoms with Gasteiger partial charge in [-0.05, 0) is 36.4 Å². The normalized spacial score (nSPS) is 11.2. The van der Waals surface area contributed by atoms with Gasteiger partial charge in [-0.1, -0.05) is 29.8 Å². The highest BCUT2D eigenvalue weighted by atomic mass is 19.4. The Balaban J connectivity index is 1.47. The number of esters is 1. The molecule has 1 amide bonds. The average molecular weight is 419 g/mol. The number of ether oxygens (including phenoxy) is 1. The summed E-state index contributed by atoms with van der Waals surface area (Å²) in [5.74, 6) is -1.14. The monoisotopic (exact) mass is 419 g/mol. The number of nitrogens with zero attached hydrogens (tertiary/aromatic N) is 4. The summed E-state index contributed by atoms with van der Waals surface area (Å²) in [5.41, 5.74) is 1.11. The van der Waals surface area contributed by atoms with Crippen LogP contribution in [0.3, 0.4) is 0 Å². The lowest BCUT2D eigenvalue weighted by atomic mass is 10.1. The minimum absolute atomic E-state index is 0.143. The van der Waals surface area contributed by atoms with E-state index in [1.807, 2.05) is 31.2 Å². The average Bonchev–Trinajstić information content (AvgIpc) is 3.15. The Kier molecular flexibility index (Phi) is 6.09. The standard InChI is InChI=1S/C19H16F3N5O3/c1-12-2-4-13(5-3-12)18-24-26-27(25-18)10-17(29)30-11-16(28)23-15-8-6-14(7-9-15)19(20,21)22/h2-9H,10-11H2,1H3,(H,23,28). The van der Waals surface area contributed by atoms with Gasteiger partial charge in [0.05, 0.1) is 5.56 Å². The lowest BCUT2D eigenvalue weighted by Gasteiger charge is -2.09. The molecule has 0 saturated carbocycles. The van der Waals surface area contributed by atoms with Crippen LogP contribution in [-0.2, 0) is 27.0 Å². The number of aryl methyl sites for hydroxylation is 1. The molecule has 2 aromatic carbocycles. The second kappa shape index (κ2) is 8.72. The molecule has 11 heteroatoms.